The molecule has 1 atom stereocenters. The molecule has 1 rings (SSSR count). The summed E-state index contributed by atoms with van der Waals surface area (Å²) in [5, 5.41) is 3.13. The molecule has 1 unspecified atom stereocenters. The van der Waals surface area contributed by atoms with Crippen molar-refractivity contribution in [3.8, 4) is 0 Å². The molecule has 3 nitrogen and oxygen atoms in total. The molecular weight excluding hydrogens is 230 g/mol. The average molecular weight is 253 g/mol. The lowest BCUT2D eigenvalue weighted by Crippen LogP contribution is -2.29. The second kappa shape index (κ2) is 7.56. The van der Waals surface area contributed by atoms with Crippen molar-refractivity contribution in [1.82, 2.24) is 10.3 Å². The fraction of sp³-hybridized carbons (Fsp3) is 0.615. The smallest absolute Gasteiger partial charge is 0.0562 e. The van der Waals surface area contributed by atoms with Crippen molar-refractivity contribution in [2.45, 2.75) is 25.9 Å². The van der Waals surface area contributed by atoms with Gasteiger partial charge in [0.25, 0.3) is 0 Å². The summed E-state index contributed by atoms with van der Waals surface area (Å²) in [4.78, 5) is 6.67. The first-order chi connectivity index (χ1) is 8.19. The molecule has 0 aliphatic carbocycles. The third kappa shape index (κ3) is 4.56. The Morgan fingerprint density at radius 3 is 2.94 bits per heavy atom. The summed E-state index contributed by atoms with van der Waals surface area (Å²) in [6.07, 6.45) is 5.26. The highest BCUT2D eigenvalue weighted by Crippen LogP contribution is 2.17. The van der Waals surface area contributed by atoms with E-state index in [1.54, 1.807) is 0 Å². The maximum Gasteiger partial charge on any atom is 0.0562 e. The molecule has 1 heterocycles. The summed E-state index contributed by atoms with van der Waals surface area (Å²) in [6.45, 7) is 3.09. The molecule has 0 aliphatic rings. The van der Waals surface area contributed by atoms with Gasteiger partial charge in [0.15, 0.2) is 0 Å². The van der Waals surface area contributed by atoms with Gasteiger partial charge in [-0.2, -0.15) is 11.8 Å². The first-order valence-corrected chi connectivity index (χ1v) is 7.39. The van der Waals surface area contributed by atoms with Crippen LogP contribution in [-0.4, -0.2) is 37.1 Å². The van der Waals surface area contributed by atoms with Crippen molar-refractivity contribution in [1.29, 1.82) is 0 Å². The SMILES string of the molecule is CNCc1cc(N(C)C(C)CCSC)ccn1. The van der Waals surface area contributed by atoms with E-state index in [0.29, 0.717) is 6.04 Å². The van der Waals surface area contributed by atoms with E-state index in [2.05, 4.69) is 47.6 Å². The van der Waals surface area contributed by atoms with E-state index in [-0.39, 0.29) is 0 Å². The summed E-state index contributed by atoms with van der Waals surface area (Å²) < 4.78 is 0. The Bertz CT molecular complexity index is 330. The number of nitrogens with one attached hydrogen (secondary N) is 1. The number of nitrogens with zero attached hydrogens (tertiary/aromatic N) is 2. The van der Waals surface area contributed by atoms with Crippen LogP contribution in [0.4, 0.5) is 5.69 Å². The first kappa shape index (κ1) is 14.3. The Morgan fingerprint density at radius 1 is 1.53 bits per heavy atom. The lowest BCUT2D eigenvalue weighted by atomic mass is 10.2. The van der Waals surface area contributed by atoms with E-state index in [9.17, 15) is 0 Å². The Hall–Kier alpha value is -0.740. The fourth-order valence-electron chi connectivity index (χ4n) is 1.70. The van der Waals surface area contributed by atoms with E-state index in [1.165, 1.54) is 17.9 Å². The van der Waals surface area contributed by atoms with E-state index in [4.69, 9.17) is 0 Å². The monoisotopic (exact) mass is 253 g/mol. The van der Waals surface area contributed by atoms with E-state index >= 15 is 0 Å². The molecule has 0 aliphatic heterocycles. The highest BCUT2D eigenvalue weighted by molar-refractivity contribution is 7.98. The highest BCUT2D eigenvalue weighted by Gasteiger charge is 2.10. The van der Waals surface area contributed by atoms with Crippen molar-refractivity contribution in [3.05, 3.63) is 24.0 Å². The molecule has 1 N–H and O–H groups in total. The van der Waals surface area contributed by atoms with Crippen molar-refractivity contribution in [2.24, 2.45) is 0 Å². The van der Waals surface area contributed by atoms with Gasteiger partial charge in [-0.3, -0.25) is 4.98 Å². The van der Waals surface area contributed by atoms with Crippen LogP contribution in [0, 0.1) is 0 Å². The lowest BCUT2D eigenvalue weighted by Gasteiger charge is -2.27. The van der Waals surface area contributed by atoms with Crippen LogP contribution >= 0.6 is 11.8 Å². The van der Waals surface area contributed by atoms with Crippen molar-refractivity contribution >= 4 is 17.4 Å². The lowest BCUT2D eigenvalue weighted by molar-refractivity contribution is 0.667. The van der Waals surface area contributed by atoms with Crippen molar-refractivity contribution < 1.29 is 0 Å². The largest absolute Gasteiger partial charge is 0.372 e. The molecule has 0 saturated heterocycles. The van der Waals surface area contributed by atoms with Crippen LogP contribution in [0.15, 0.2) is 18.3 Å². The zero-order chi connectivity index (χ0) is 12.7. The minimum Gasteiger partial charge on any atom is -0.372 e. The van der Waals surface area contributed by atoms with Crippen molar-refractivity contribution in [3.63, 3.8) is 0 Å². The Morgan fingerprint density at radius 2 is 2.29 bits per heavy atom. The molecule has 0 aromatic carbocycles. The molecule has 17 heavy (non-hydrogen) atoms. The molecule has 1 aromatic rings. The Balaban J connectivity index is 2.66. The molecule has 0 bridgehead atoms. The normalized spacial score (nSPS) is 12.5. The molecule has 0 amide bonds. The number of thioether (sulfide) groups is 1. The maximum absolute atomic E-state index is 4.34. The van der Waals surface area contributed by atoms with Crippen LogP contribution < -0.4 is 10.2 Å². The zero-order valence-electron chi connectivity index (χ0n) is 11.2. The summed E-state index contributed by atoms with van der Waals surface area (Å²) in [6, 6.07) is 4.80. The summed E-state index contributed by atoms with van der Waals surface area (Å²) >= 11 is 1.90. The van der Waals surface area contributed by atoms with Gasteiger partial charge in [0, 0.05) is 31.5 Å². The summed E-state index contributed by atoms with van der Waals surface area (Å²) in [7, 11) is 4.10. The van der Waals surface area contributed by atoms with Crippen LogP contribution in [0.1, 0.15) is 19.0 Å². The van der Waals surface area contributed by atoms with E-state index < -0.39 is 0 Å². The van der Waals surface area contributed by atoms with Gasteiger partial charge in [0.1, 0.15) is 0 Å². The second-order valence-electron chi connectivity index (χ2n) is 4.28. The number of aromatic nitrogens is 1. The molecule has 96 valence electrons. The topological polar surface area (TPSA) is 28.2 Å². The standard InChI is InChI=1S/C13H23N3S/c1-11(6-8-17-4)16(3)13-5-7-15-12(9-13)10-14-2/h5,7,9,11,14H,6,8,10H2,1-4H3. The summed E-state index contributed by atoms with van der Waals surface area (Å²) in [5.74, 6) is 1.21. The minimum absolute atomic E-state index is 0.562. The molecular formula is C13H23N3S. The predicted molar refractivity (Wildman–Crippen MR) is 77.9 cm³/mol. The van der Waals surface area contributed by atoms with Crippen LogP contribution in [0.3, 0.4) is 0 Å². The molecule has 0 spiro atoms. The molecule has 0 saturated carbocycles. The van der Waals surface area contributed by atoms with Gasteiger partial charge in [-0.15, -0.1) is 0 Å². The Labute approximate surface area is 109 Å². The number of hydrogen-bond donors (Lipinski definition) is 1. The van der Waals surface area contributed by atoms with Gasteiger partial charge in [0.2, 0.25) is 0 Å². The molecule has 1 aromatic heterocycles. The van der Waals surface area contributed by atoms with Crippen LogP contribution in [0.2, 0.25) is 0 Å². The zero-order valence-corrected chi connectivity index (χ0v) is 12.0. The third-order valence-corrected chi connectivity index (χ3v) is 3.61. The highest BCUT2D eigenvalue weighted by atomic mass is 32.2. The average Bonchev–Trinajstić information content (AvgIpc) is 2.35. The van der Waals surface area contributed by atoms with Crippen LogP contribution in [0.25, 0.3) is 0 Å². The van der Waals surface area contributed by atoms with Gasteiger partial charge in [-0.25, -0.2) is 0 Å². The van der Waals surface area contributed by atoms with E-state index in [0.717, 1.165) is 12.2 Å². The number of hydrogen-bond acceptors (Lipinski definition) is 4. The van der Waals surface area contributed by atoms with Gasteiger partial charge >= 0.3 is 0 Å². The van der Waals surface area contributed by atoms with Gasteiger partial charge < -0.3 is 10.2 Å². The quantitative estimate of drug-likeness (QED) is 0.807. The fourth-order valence-corrected chi connectivity index (χ4v) is 2.28. The van der Waals surface area contributed by atoms with Crippen LogP contribution in [-0.2, 0) is 6.54 Å². The predicted octanol–water partition coefficient (Wildman–Crippen LogP) is 2.38. The number of anilines is 1. The number of pyridine rings is 1. The van der Waals surface area contributed by atoms with Crippen molar-refractivity contribution in [2.75, 3.05) is 31.0 Å². The van der Waals surface area contributed by atoms with E-state index in [1.807, 2.05) is 25.0 Å². The third-order valence-electron chi connectivity index (χ3n) is 2.97. The molecule has 0 radical (unpaired) electrons. The second-order valence-corrected chi connectivity index (χ2v) is 5.26. The van der Waals surface area contributed by atoms with Crippen LogP contribution in [0.5, 0.6) is 0 Å². The molecule has 0 fully saturated rings. The van der Waals surface area contributed by atoms with Gasteiger partial charge in [0.05, 0.1) is 5.69 Å². The van der Waals surface area contributed by atoms with Gasteiger partial charge in [-0.05, 0) is 44.5 Å². The maximum atomic E-state index is 4.34. The first-order valence-electron chi connectivity index (χ1n) is 6.00. The Kier molecular flexibility index (Phi) is 6.37. The number of rotatable bonds is 7. The van der Waals surface area contributed by atoms with Gasteiger partial charge in [-0.1, -0.05) is 0 Å². The minimum atomic E-state index is 0.562. The summed E-state index contributed by atoms with van der Waals surface area (Å²) in [5.41, 5.74) is 2.34. The molecule has 4 heteroatoms.